The number of ketones is 1. The Morgan fingerprint density at radius 1 is 1.21 bits per heavy atom. The zero-order chi connectivity index (χ0) is 20.8. The number of ether oxygens (including phenoxy) is 1. The summed E-state index contributed by atoms with van der Waals surface area (Å²) >= 11 is 0. The van der Waals surface area contributed by atoms with Crippen LogP contribution in [0.15, 0.2) is 54.6 Å². The molecule has 2 aromatic carbocycles. The number of allylic oxidation sites excluding steroid dienone is 2. The van der Waals surface area contributed by atoms with Gasteiger partial charge in [-0.05, 0) is 42.9 Å². The normalized spacial score (nSPS) is 25.1. The molecule has 1 aliphatic heterocycles. The molecule has 0 aromatic heterocycles. The summed E-state index contributed by atoms with van der Waals surface area (Å²) in [4.78, 5) is 13.0. The first-order valence-corrected chi connectivity index (χ1v) is 10.0. The molecule has 2 aromatic rings. The van der Waals surface area contributed by atoms with Gasteiger partial charge in [-0.1, -0.05) is 56.3 Å². The van der Waals surface area contributed by atoms with Crippen molar-refractivity contribution >= 4 is 11.9 Å². The Bertz CT molecular complexity index is 1000. The minimum Gasteiger partial charge on any atom is -0.507 e. The van der Waals surface area contributed by atoms with Gasteiger partial charge in [-0.2, -0.15) is 0 Å². The van der Waals surface area contributed by atoms with Gasteiger partial charge >= 0.3 is 0 Å². The minimum absolute atomic E-state index is 0.0207. The lowest BCUT2D eigenvalue weighted by molar-refractivity contribution is 0.101. The maximum atomic E-state index is 13.0. The van der Waals surface area contributed by atoms with Gasteiger partial charge in [-0.15, -0.1) is 0 Å². The average molecular weight is 390 g/mol. The Labute approximate surface area is 171 Å². The standard InChI is InChI=1S/C25H26O4/c1-15(2)17-11-12-25(3)18(13-17)22-20(27)14-21(28)23(24(22)29-25)19(26)10-9-16-7-5-4-6-8-16/h4-12,14-15,17-18,27-28H,13H2,1-3H3/t17-,18-,25-/m0/s1. The van der Waals surface area contributed by atoms with E-state index in [-0.39, 0.29) is 28.8 Å². The third kappa shape index (κ3) is 3.33. The van der Waals surface area contributed by atoms with Crippen LogP contribution in [0.25, 0.3) is 6.08 Å². The van der Waals surface area contributed by atoms with Crippen molar-refractivity contribution in [1.29, 1.82) is 0 Å². The highest BCUT2D eigenvalue weighted by Crippen LogP contribution is 2.57. The number of carbonyl (C=O) groups is 1. The number of hydrogen-bond donors (Lipinski definition) is 2. The van der Waals surface area contributed by atoms with E-state index in [1.165, 1.54) is 12.1 Å². The number of fused-ring (bicyclic) bond motifs is 3. The predicted octanol–water partition coefficient (Wildman–Crippen LogP) is 5.46. The van der Waals surface area contributed by atoms with Crippen molar-refractivity contribution in [3.63, 3.8) is 0 Å². The number of phenols is 2. The molecule has 4 heteroatoms. The van der Waals surface area contributed by atoms with Gasteiger partial charge in [0.1, 0.15) is 28.4 Å². The van der Waals surface area contributed by atoms with E-state index in [1.807, 2.05) is 43.3 Å². The van der Waals surface area contributed by atoms with Gasteiger partial charge in [0.05, 0.1) is 0 Å². The molecule has 0 unspecified atom stereocenters. The van der Waals surface area contributed by atoms with Crippen molar-refractivity contribution in [2.75, 3.05) is 0 Å². The summed E-state index contributed by atoms with van der Waals surface area (Å²) in [6.07, 6.45) is 8.17. The van der Waals surface area contributed by atoms with E-state index in [0.29, 0.717) is 23.1 Å². The molecule has 1 aliphatic carbocycles. The van der Waals surface area contributed by atoms with Gasteiger partial charge < -0.3 is 14.9 Å². The van der Waals surface area contributed by atoms with Crippen molar-refractivity contribution in [3.05, 3.63) is 71.3 Å². The Hall–Kier alpha value is -3.01. The fourth-order valence-electron chi connectivity index (χ4n) is 4.39. The van der Waals surface area contributed by atoms with E-state index in [2.05, 4.69) is 19.9 Å². The van der Waals surface area contributed by atoms with Crippen LogP contribution >= 0.6 is 0 Å². The molecular formula is C25H26O4. The summed E-state index contributed by atoms with van der Waals surface area (Å²) in [6.45, 7) is 6.32. The number of aromatic hydroxyl groups is 2. The Morgan fingerprint density at radius 2 is 1.93 bits per heavy atom. The summed E-state index contributed by atoms with van der Waals surface area (Å²) in [5.41, 5.74) is 0.976. The smallest absolute Gasteiger partial charge is 0.193 e. The van der Waals surface area contributed by atoms with Gasteiger partial charge in [-0.25, -0.2) is 0 Å². The Balaban J connectivity index is 1.75. The molecule has 3 atom stereocenters. The molecule has 2 aliphatic rings. The number of rotatable bonds is 4. The largest absolute Gasteiger partial charge is 0.507 e. The van der Waals surface area contributed by atoms with Crippen molar-refractivity contribution in [2.45, 2.75) is 38.7 Å². The molecule has 29 heavy (non-hydrogen) atoms. The molecule has 0 saturated carbocycles. The van der Waals surface area contributed by atoms with Crippen LogP contribution in [-0.4, -0.2) is 21.6 Å². The van der Waals surface area contributed by atoms with Crippen LogP contribution in [0.1, 0.15) is 54.6 Å². The van der Waals surface area contributed by atoms with E-state index >= 15 is 0 Å². The number of phenolic OH excluding ortho intramolecular Hbond substituents is 2. The number of benzene rings is 2. The summed E-state index contributed by atoms with van der Waals surface area (Å²) < 4.78 is 6.23. The van der Waals surface area contributed by atoms with Crippen LogP contribution in [0.3, 0.4) is 0 Å². The topological polar surface area (TPSA) is 66.8 Å². The maximum Gasteiger partial charge on any atom is 0.193 e. The van der Waals surface area contributed by atoms with E-state index < -0.39 is 5.60 Å². The molecule has 0 bridgehead atoms. The van der Waals surface area contributed by atoms with Gasteiger partial charge in [0.2, 0.25) is 0 Å². The summed E-state index contributed by atoms with van der Waals surface area (Å²) in [6, 6.07) is 10.8. The van der Waals surface area contributed by atoms with E-state index in [9.17, 15) is 15.0 Å². The SMILES string of the molecule is CC(C)[C@H]1C=C[C@]2(C)Oc3c(C(=O)C=Cc4ccccc4)c(O)cc(O)c3[C@@H]2C1. The molecule has 0 radical (unpaired) electrons. The number of hydrogen-bond acceptors (Lipinski definition) is 4. The predicted molar refractivity (Wildman–Crippen MR) is 113 cm³/mol. The molecule has 0 spiro atoms. The number of carbonyl (C=O) groups excluding carboxylic acids is 1. The zero-order valence-electron chi connectivity index (χ0n) is 16.9. The molecular weight excluding hydrogens is 364 g/mol. The molecule has 0 fully saturated rings. The molecule has 0 saturated heterocycles. The second-order valence-corrected chi connectivity index (χ2v) is 8.48. The van der Waals surface area contributed by atoms with Crippen LogP contribution in [-0.2, 0) is 0 Å². The lowest BCUT2D eigenvalue weighted by Crippen LogP contribution is -2.36. The fourth-order valence-corrected chi connectivity index (χ4v) is 4.39. The molecule has 4 rings (SSSR count). The van der Waals surface area contributed by atoms with Gasteiger partial charge in [0.15, 0.2) is 5.78 Å². The Kier molecular flexibility index (Phi) is 4.73. The Morgan fingerprint density at radius 3 is 2.62 bits per heavy atom. The molecule has 1 heterocycles. The molecule has 150 valence electrons. The third-order valence-corrected chi connectivity index (χ3v) is 6.15. The second-order valence-electron chi connectivity index (χ2n) is 8.48. The third-order valence-electron chi connectivity index (χ3n) is 6.15. The van der Waals surface area contributed by atoms with Crippen molar-refractivity contribution in [1.82, 2.24) is 0 Å². The van der Waals surface area contributed by atoms with Crippen LogP contribution in [0.4, 0.5) is 0 Å². The lowest BCUT2D eigenvalue weighted by Gasteiger charge is -2.35. The highest BCUT2D eigenvalue weighted by molar-refractivity contribution is 6.11. The second kappa shape index (κ2) is 7.11. The molecule has 4 nitrogen and oxygen atoms in total. The van der Waals surface area contributed by atoms with Crippen molar-refractivity contribution < 1.29 is 19.7 Å². The highest BCUT2D eigenvalue weighted by Gasteiger charge is 2.49. The quantitative estimate of drug-likeness (QED) is 0.413. The van der Waals surface area contributed by atoms with E-state index in [0.717, 1.165) is 12.0 Å². The van der Waals surface area contributed by atoms with Crippen LogP contribution < -0.4 is 4.74 Å². The van der Waals surface area contributed by atoms with Crippen molar-refractivity contribution in [2.24, 2.45) is 11.8 Å². The lowest BCUT2D eigenvalue weighted by atomic mass is 9.71. The van der Waals surface area contributed by atoms with Crippen molar-refractivity contribution in [3.8, 4) is 17.2 Å². The highest BCUT2D eigenvalue weighted by atomic mass is 16.5. The van der Waals surface area contributed by atoms with Gasteiger partial charge in [0, 0.05) is 17.5 Å². The van der Waals surface area contributed by atoms with Crippen LogP contribution in [0.5, 0.6) is 17.2 Å². The van der Waals surface area contributed by atoms with Crippen LogP contribution in [0.2, 0.25) is 0 Å². The van der Waals surface area contributed by atoms with Gasteiger partial charge in [0.25, 0.3) is 0 Å². The summed E-state index contributed by atoms with van der Waals surface area (Å²) in [5.74, 6) is 0.423. The van der Waals surface area contributed by atoms with Crippen LogP contribution in [0, 0.1) is 11.8 Å². The first kappa shape index (κ1) is 19.3. The molecule has 0 amide bonds. The zero-order valence-corrected chi connectivity index (χ0v) is 16.9. The molecule has 2 N–H and O–H groups in total. The minimum atomic E-state index is -0.642. The maximum absolute atomic E-state index is 13.0. The van der Waals surface area contributed by atoms with E-state index in [4.69, 9.17) is 4.74 Å². The fraction of sp³-hybridized carbons (Fsp3) is 0.320. The first-order chi connectivity index (χ1) is 13.8. The first-order valence-electron chi connectivity index (χ1n) is 10.0. The summed E-state index contributed by atoms with van der Waals surface area (Å²) in [7, 11) is 0. The average Bonchev–Trinajstić information content (AvgIpc) is 2.99. The van der Waals surface area contributed by atoms with Gasteiger partial charge in [-0.3, -0.25) is 4.79 Å². The summed E-state index contributed by atoms with van der Waals surface area (Å²) in [5, 5.41) is 21.1. The monoisotopic (exact) mass is 390 g/mol. The van der Waals surface area contributed by atoms with E-state index in [1.54, 1.807) is 6.08 Å².